The Labute approximate surface area is 249 Å². The molecule has 0 atom stereocenters. The van der Waals surface area contributed by atoms with Gasteiger partial charge in [0.1, 0.15) is 12.3 Å². The topological polar surface area (TPSA) is 117 Å². The largest absolute Gasteiger partial charge is 0.484 e. The second kappa shape index (κ2) is 13.8. The van der Waals surface area contributed by atoms with E-state index in [-0.39, 0.29) is 17.4 Å². The van der Waals surface area contributed by atoms with Gasteiger partial charge in [-0.1, -0.05) is 48.0 Å². The first-order valence-electron chi connectivity index (χ1n) is 12.9. The van der Waals surface area contributed by atoms with E-state index in [1.807, 2.05) is 19.9 Å². The third-order valence-corrected chi connectivity index (χ3v) is 8.23. The number of hydrogen-bond acceptors (Lipinski definition) is 6. The highest BCUT2D eigenvalue weighted by Gasteiger charge is 2.28. The number of carbonyl (C=O) groups is 2. The number of benzene rings is 4. The number of rotatable bonds is 11. The molecule has 0 saturated heterocycles. The van der Waals surface area contributed by atoms with Gasteiger partial charge in [0.2, 0.25) is 0 Å². The van der Waals surface area contributed by atoms with Crippen LogP contribution in [0.3, 0.4) is 0 Å². The summed E-state index contributed by atoms with van der Waals surface area (Å²) in [7, 11) is -4.03. The fourth-order valence-electron chi connectivity index (χ4n) is 3.93. The zero-order valence-corrected chi connectivity index (χ0v) is 24.5. The van der Waals surface area contributed by atoms with E-state index < -0.39 is 22.5 Å². The van der Waals surface area contributed by atoms with E-state index in [2.05, 4.69) is 15.8 Å². The maximum absolute atomic E-state index is 13.5. The maximum atomic E-state index is 13.5. The Bertz CT molecular complexity index is 1690. The van der Waals surface area contributed by atoms with Crippen molar-refractivity contribution in [2.45, 2.75) is 18.7 Å². The first-order valence-corrected chi connectivity index (χ1v) is 14.7. The summed E-state index contributed by atoms with van der Waals surface area (Å²) in [6.45, 7) is 3.03. The standard InChI is InChI=1S/C31H29ClN4O5S/c1-22-8-6-13-29(23(22)2)36(42(39,40)28-11-4-3-5-12-28)20-30(37)35-33-19-24-14-16-27(17-15-24)41-21-31(38)34-26-10-7-9-25(32)18-26/h3-19H,20-21H2,1-2H3,(H,34,38)(H,35,37)/b33-19+. The van der Waals surface area contributed by atoms with Crippen molar-refractivity contribution in [2.75, 3.05) is 22.8 Å². The Kier molecular flexibility index (Phi) is 9.95. The molecule has 0 aromatic heterocycles. The van der Waals surface area contributed by atoms with Crippen molar-refractivity contribution in [1.29, 1.82) is 0 Å². The normalized spacial score (nSPS) is 11.2. The maximum Gasteiger partial charge on any atom is 0.264 e. The molecule has 0 bridgehead atoms. The molecule has 0 fully saturated rings. The van der Waals surface area contributed by atoms with Crippen molar-refractivity contribution in [1.82, 2.24) is 5.43 Å². The number of hydrogen-bond donors (Lipinski definition) is 2. The van der Waals surface area contributed by atoms with Crippen molar-refractivity contribution in [3.8, 4) is 5.75 Å². The van der Waals surface area contributed by atoms with Gasteiger partial charge in [-0.2, -0.15) is 5.10 Å². The average Bonchev–Trinajstić information content (AvgIpc) is 2.97. The van der Waals surface area contributed by atoms with Crippen LogP contribution in [0.25, 0.3) is 0 Å². The fourth-order valence-corrected chi connectivity index (χ4v) is 5.62. The van der Waals surface area contributed by atoms with Crippen LogP contribution in [0.15, 0.2) is 107 Å². The summed E-state index contributed by atoms with van der Waals surface area (Å²) in [5.74, 6) is -0.486. The van der Waals surface area contributed by atoms with E-state index in [0.717, 1.165) is 15.4 Å². The van der Waals surface area contributed by atoms with Crippen LogP contribution in [0.4, 0.5) is 11.4 Å². The Balaban J connectivity index is 1.36. The molecule has 11 heteroatoms. The Morgan fingerprint density at radius 2 is 1.62 bits per heavy atom. The highest BCUT2D eigenvalue weighted by molar-refractivity contribution is 7.92. The molecule has 0 radical (unpaired) electrons. The smallest absolute Gasteiger partial charge is 0.264 e. The molecule has 216 valence electrons. The van der Waals surface area contributed by atoms with Gasteiger partial charge in [0.25, 0.3) is 21.8 Å². The quantitative estimate of drug-likeness (QED) is 0.177. The lowest BCUT2D eigenvalue weighted by Crippen LogP contribution is -2.40. The van der Waals surface area contributed by atoms with Crippen LogP contribution in [0, 0.1) is 13.8 Å². The highest BCUT2D eigenvalue weighted by atomic mass is 35.5. The van der Waals surface area contributed by atoms with Crippen LogP contribution >= 0.6 is 11.6 Å². The van der Waals surface area contributed by atoms with Gasteiger partial charge in [-0.25, -0.2) is 13.8 Å². The molecule has 0 aliphatic rings. The van der Waals surface area contributed by atoms with Gasteiger partial charge >= 0.3 is 0 Å². The molecule has 0 heterocycles. The number of ether oxygens (including phenoxy) is 1. The van der Waals surface area contributed by atoms with Crippen molar-refractivity contribution in [3.63, 3.8) is 0 Å². The molecular weight excluding hydrogens is 576 g/mol. The first kappa shape index (κ1) is 30.3. The minimum Gasteiger partial charge on any atom is -0.484 e. The number of halogens is 1. The number of aryl methyl sites for hydroxylation is 1. The molecule has 0 aliphatic heterocycles. The van der Waals surface area contributed by atoms with Crippen LogP contribution in [-0.4, -0.2) is 39.6 Å². The molecule has 9 nitrogen and oxygen atoms in total. The van der Waals surface area contributed by atoms with Crippen molar-refractivity contribution >= 4 is 51.0 Å². The summed E-state index contributed by atoms with van der Waals surface area (Å²) in [4.78, 5) is 25.1. The van der Waals surface area contributed by atoms with Gasteiger partial charge < -0.3 is 10.1 Å². The van der Waals surface area contributed by atoms with Crippen LogP contribution in [0.2, 0.25) is 5.02 Å². The molecule has 4 rings (SSSR count). The Morgan fingerprint density at radius 3 is 2.33 bits per heavy atom. The molecule has 42 heavy (non-hydrogen) atoms. The number of hydrazone groups is 1. The van der Waals surface area contributed by atoms with E-state index in [9.17, 15) is 18.0 Å². The summed E-state index contributed by atoms with van der Waals surface area (Å²) in [5.41, 5.74) is 5.67. The number of amides is 2. The van der Waals surface area contributed by atoms with E-state index >= 15 is 0 Å². The van der Waals surface area contributed by atoms with Crippen molar-refractivity contribution in [3.05, 3.63) is 119 Å². The number of carbonyl (C=O) groups excluding carboxylic acids is 2. The molecule has 0 saturated carbocycles. The summed E-state index contributed by atoms with van der Waals surface area (Å²) in [6.07, 6.45) is 1.42. The second-order valence-electron chi connectivity index (χ2n) is 9.25. The van der Waals surface area contributed by atoms with E-state index in [4.69, 9.17) is 16.3 Å². The molecule has 2 N–H and O–H groups in total. The lowest BCUT2D eigenvalue weighted by Gasteiger charge is -2.26. The third kappa shape index (κ3) is 7.96. The third-order valence-electron chi connectivity index (χ3n) is 6.22. The summed E-state index contributed by atoms with van der Waals surface area (Å²) in [5, 5.41) is 7.19. The minimum atomic E-state index is -4.03. The molecule has 4 aromatic rings. The molecule has 0 aliphatic carbocycles. The predicted molar refractivity (Wildman–Crippen MR) is 165 cm³/mol. The molecule has 4 aromatic carbocycles. The van der Waals surface area contributed by atoms with Crippen molar-refractivity contribution in [2.24, 2.45) is 5.10 Å². The first-order chi connectivity index (χ1) is 20.1. The number of sulfonamides is 1. The Morgan fingerprint density at radius 1 is 0.905 bits per heavy atom. The molecule has 0 spiro atoms. The average molecular weight is 605 g/mol. The van der Waals surface area contributed by atoms with Crippen LogP contribution < -0.4 is 19.8 Å². The van der Waals surface area contributed by atoms with Crippen LogP contribution in [0.1, 0.15) is 16.7 Å². The lowest BCUT2D eigenvalue weighted by atomic mass is 10.1. The zero-order valence-electron chi connectivity index (χ0n) is 23.0. The summed E-state index contributed by atoms with van der Waals surface area (Å²) < 4.78 is 33.7. The van der Waals surface area contributed by atoms with Gasteiger partial charge in [-0.15, -0.1) is 0 Å². The monoisotopic (exact) mass is 604 g/mol. The number of anilines is 2. The number of nitrogens with zero attached hydrogens (tertiary/aromatic N) is 2. The predicted octanol–water partition coefficient (Wildman–Crippen LogP) is 5.32. The van der Waals surface area contributed by atoms with Gasteiger partial charge in [0, 0.05) is 10.7 Å². The van der Waals surface area contributed by atoms with Crippen LogP contribution in [-0.2, 0) is 19.6 Å². The molecule has 0 unspecified atom stereocenters. The highest BCUT2D eigenvalue weighted by Crippen LogP contribution is 2.28. The summed E-state index contributed by atoms with van der Waals surface area (Å²) in [6, 6.07) is 26.8. The lowest BCUT2D eigenvalue weighted by molar-refractivity contribution is -0.119. The van der Waals surface area contributed by atoms with Gasteiger partial charge in [-0.05, 0) is 91.2 Å². The van der Waals surface area contributed by atoms with E-state index in [1.54, 1.807) is 78.9 Å². The zero-order chi connectivity index (χ0) is 30.1. The second-order valence-corrected chi connectivity index (χ2v) is 11.6. The fraction of sp³-hybridized carbons (Fsp3) is 0.129. The number of nitrogens with one attached hydrogen (secondary N) is 2. The van der Waals surface area contributed by atoms with Crippen LogP contribution in [0.5, 0.6) is 5.75 Å². The minimum absolute atomic E-state index is 0.0754. The summed E-state index contributed by atoms with van der Waals surface area (Å²) >= 11 is 5.93. The molecular formula is C31H29ClN4O5S. The van der Waals surface area contributed by atoms with Gasteiger partial charge in [-0.3, -0.25) is 13.9 Å². The van der Waals surface area contributed by atoms with Gasteiger partial charge in [0.15, 0.2) is 6.61 Å². The van der Waals surface area contributed by atoms with Gasteiger partial charge in [0.05, 0.1) is 16.8 Å². The molecule has 2 amide bonds. The van der Waals surface area contributed by atoms with Crippen molar-refractivity contribution < 1.29 is 22.7 Å². The van der Waals surface area contributed by atoms with E-state index in [1.165, 1.54) is 18.3 Å². The SMILES string of the molecule is Cc1cccc(N(CC(=O)N/N=C/c2ccc(OCC(=O)Nc3cccc(Cl)c3)cc2)S(=O)(=O)c2ccccc2)c1C. The Hall–Kier alpha value is -4.67. The van der Waals surface area contributed by atoms with E-state index in [0.29, 0.717) is 27.7 Å².